The Balaban J connectivity index is 2.96. The summed E-state index contributed by atoms with van der Waals surface area (Å²) in [7, 11) is 0. The van der Waals surface area contributed by atoms with Gasteiger partial charge in [0.05, 0.1) is 12.0 Å². The largest absolute Gasteiger partial charge is 0.423 e. The highest BCUT2D eigenvalue weighted by atomic mass is 19.2. The van der Waals surface area contributed by atoms with Crippen LogP contribution in [-0.2, 0) is 4.79 Å². The zero-order valence-corrected chi connectivity index (χ0v) is 9.56. The van der Waals surface area contributed by atoms with Crippen molar-refractivity contribution < 1.29 is 32.2 Å². The fraction of sp³-hybridized carbons (Fsp3) is 0.364. The zero-order chi connectivity index (χ0) is 14.1. The second-order valence-corrected chi connectivity index (χ2v) is 4.26. The van der Waals surface area contributed by atoms with E-state index in [0.717, 1.165) is 0 Å². The smallest absolute Gasteiger partial charge is 0.314 e. The minimum Gasteiger partial charge on any atom is -0.423 e. The molecule has 0 aliphatic carbocycles. The van der Waals surface area contributed by atoms with Gasteiger partial charge in [0.2, 0.25) is 11.6 Å². The van der Waals surface area contributed by atoms with Gasteiger partial charge < -0.3 is 9.84 Å². The van der Waals surface area contributed by atoms with E-state index in [1.54, 1.807) is 0 Å². The van der Waals surface area contributed by atoms with E-state index >= 15 is 0 Å². The molecule has 0 saturated heterocycles. The van der Waals surface area contributed by atoms with Crippen LogP contribution in [0.1, 0.15) is 20.3 Å². The Morgan fingerprint density at radius 2 is 1.78 bits per heavy atom. The number of aliphatic hydroxyl groups is 1. The molecule has 3 nitrogen and oxygen atoms in total. The number of rotatable bonds is 3. The molecule has 0 unspecified atom stereocenters. The van der Waals surface area contributed by atoms with Crippen LogP contribution in [-0.4, -0.2) is 16.7 Å². The molecule has 1 aromatic carbocycles. The first-order chi connectivity index (χ1) is 8.11. The van der Waals surface area contributed by atoms with Gasteiger partial charge in [0.15, 0.2) is 17.4 Å². The van der Waals surface area contributed by atoms with Crippen LogP contribution in [0.5, 0.6) is 5.75 Å². The average Bonchev–Trinajstić information content (AvgIpc) is 2.20. The fourth-order valence-electron chi connectivity index (χ4n) is 1.14. The van der Waals surface area contributed by atoms with Crippen LogP contribution < -0.4 is 4.74 Å². The molecule has 0 aliphatic heterocycles. The van der Waals surface area contributed by atoms with Gasteiger partial charge in [-0.1, -0.05) is 0 Å². The van der Waals surface area contributed by atoms with Crippen LogP contribution in [0.4, 0.5) is 17.6 Å². The van der Waals surface area contributed by atoms with Gasteiger partial charge >= 0.3 is 5.97 Å². The molecule has 1 aromatic rings. The van der Waals surface area contributed by atoms with Gasteiger partial charge in [-0.2, -0.15) is 4.39 Å². The van der Waals surface area contributed by atoms with E-state index in [0.29, 0.717) is 0 Å². The summed E-state index contributed by atoms with van der Waals surface area (Å²) in [4.78, 5) is 11.2. The van der Waals surface area contributed by atoms with Gasteiger partial charge in [0.25, 0.3) is 0 Å². The van der Waals surface area contributed by atoms with E-state index in [4.69, 9.17) is 0 Å². The van der Waals surface area contributed by atoms with Crippen LogP contribution in [0.3, 0.4) is 0 Å². The molecule has 18 heavy (non-hydrogen) atoms. The molecule has 0 fully saturated rings. The maximum absolute atomic E-state index is 13.1. The predicted octanol–water partition coefficient (Wildman–Crippen LogP) is 2.31. The maximum atomic E-state index is 13.1. The Kier molecular flexibility index (Phi) is 3.95. The van der Waals surface area contributed by atoms with Gasteiger partial charge in [-0.15, -0.1) is 0 Å². The van der Waals surface area contributed by atoms with E-state index in [9.17, 15) is 27.5 Å². The Morgan fingerprint density at radius 3 is 2.28 bits per heavy atom. The molecular formula is C11H10F4O3. The third kappa shape index (κ3) is 3.43. The minimum absolute atomic E-state index is 0.218. The molecule has 0 aromatic heterocycles. The molecule has 0 saturated carbocycles. The Morgan fingerprint density at radius 1 is 1.22 bits per heavy atom. The lowest BCUT2D eigenvalue weighted by Crippen LogP contribution is -2.26. The SMILES string of the molecule is CC(C)(O)CC(=O)Oc1cc(F)c(F)c(F)c1F. The van der Waals surface area contributed by atoms with Gasteiger partial charge in [0, 0.05) is 6.07 Å². The average molecular weight is 266 g/mol. The van der Waals surface area contributed by atoms with Crippen molar-refractivity contribution in [2.75, 3.05) is 0 Å². The number of halogens is 4. The highest BCUT2D eigenvalue weighted by Gasteiger charge is 2.24. The first kappa shape index (κ1) is 14.4. The first-order valence-corrected chi connectivity index (χ1v) is 4.88. The highest BCUT2D eigenvalue weighted by Crippen LogP contribution is 2.25. The van der Waals surface area contributed by atoms with Crippen LogP contribution in [0, 0.1) is 23.3 Å². The summed E-state index contributed by atoms with van der Waals surface area (Å²) in [6, 6.07) is 0.218. The third-order valence-corrected chi connectivity index (χ3v) is 1.87. The van der Waals surface area contributed by atoms with Crippen molar-refractivity contribution in [2.45, 2.75) is 25.9 Å². The number of carbonyl (C=O) groups is 1. The molecule has 7 heteroatoms. The predicted molar refractivity (Wildman–Crippen MR) is 52.8 cm³/mol. The summed E-state index contributed by atoms with van der Waals surface area (Å²) in [5.74, 6) is -9.72. The molecule has 0 bridgehead atoms. The van der Waals surface area contributed by atoms with E-state index in [1.807, 2.05) is 0 Å². The minimum atomic E-state index is -2.07. The van der Waals surface area contributed by atoms with Crippen molar-refractivity contribution in [3.8, 4) is 5.75 Å². The van der Waals surface area contributed by atoms with E-state index in [-0.39, 0.29) is 6.07 Å². The number of benzene rings is 1. The molecule has 0 amide bonds. The van der Waals surface area contributed by atoms with Crippen molar-refractivity contribution in [2.24, 2.45) is 0 Å². The quantitative estimate of drug-likeness (QED) is 0.300. The Hall–Kier alpha value is -1.63. The second-order valence-electron chi connectivity index (χ2n) is 4.26. The van der Waals surface area contributed by atoms with Gasteiger partial charge in [-0.05, 0) is 13.8 Å². The Labute approximate surface area is 100.0 Å². The molecular weight excluding hydrogens is 256 g/mol. The molecule has 0 heterocycles. The van der Waals surface area contributed by atoms with Gasteiger partial charge in [-0.3, -0.25) is 4.79 Å². The molecule has 100 valence electrons. The lowest BCUT2D eigenvalue weighted by molar-refractivity contribution is -0.138. The van der Waals surface area contributed by atoms with Crippen LogP contribution >= 0.6 is 0 Å². The summed E-state index contributed by atoms with van der Waals surface area (Å²) in [6.45, 7) is 2.58. The molecule has 0 spiro atoms. The topological polar surface area (TPSA) is 46.5 Å². The van der Waals surface area contributed by atoms with Crippen molar-refractivity contribution in [1.29, 1.82) is 0 Å². The van der Waals surface area contributed by atoms with Crippen LogP contribution in [0.25, 0.3) is 0 Å². The molecule has 0 radical (unpaired) electrons. The zero-order valence-electron chi connectivity index (χ0n) is 9.56. The van der Waals surface area contributed by atoms with Crippen molar-refractivity contribution >= 4 is 5.97 Å². The summed E-state index contributed by atoms with van der Waals surface area (Å²) < 4.78 is 55.6. The number of hydrogen-bond acceptors (Lipinski definition) is 3. The maximum Gasteiger partial charge on any atom is 0.314 e. The number of hydrogen-bond donors (Lipinski definition) is 1. The van der Waals surface area contributed by atoms with Crippen molar-refractivity contribution in [1.82, 2.24) is 0 Å². The molecule has 1 N–H and O–H groups in total. The number of esters is 1. The normalized spacial score (nSPS) is 11.5. The monoisotopic (exact) mass is 266 g/mol. The standard InChI is InChI=1S/C11H10F4O3/c1-11(2,17)4-7(16)18-6-3-5(12)8(13)10(15)9(6)14/h3,17H,4H2,1-2H3. The van der Waals surface area contributed by atoms with Crippen molar-refractivity contribution in [3.05, 3.63) is 29.3 Å². The van der Waals surface area contributed by atoms with E-state index < -0.39 is 47.0 Å². The van der Waals surface area contributed by atoms with E-state index in [1.165, 1.54) is 13.8 Å². The summed E-state index contributed by atoms with van der Waals surface area (Å²) in [6.07, 6.45) is -0.521. The molecule has 1 rings (SSSR count). The summed E-state index contributed by atoms with van der Waals surface area (Å²) >= 11 is 0. The fourth-order valence-corrected chi connectivity index (χ4v) is 1.14. The Bertz CT molecular complexity index is 480. The summed E-state index contributed by atoms with van der Waals surface area (Å²) in [5, 5.41) is 9.29. The van der Waals surface area contributed by atoms with Gasteiger partial charge in [-0.25, -0.2) is 13.2 Å². The highest BCUT2D eigenvalue weighted by molar-refractivity contribution is 5.73. The first-order valence-electron chi connectivity index (χ1n) is 4.88. The number of ether oxygens (including phenoxy) is 1. The van der Waals surface area contributed by atoms with Gasteiger partial charge in [0.1, 0.15) is 0 Å². The third-order valence-electron chi connectivity index (χ3n) is 1.87. The number of carbonyl (C=O) groups excluding carboxylic acids is 1. The molecule has 0 atom stereocenters. The van der Waals surface area contributed by atoms with Crippen LogP contribution in [0.2, 0.25) is 0 Å². The van der Waals surface area contributed by atoms with E-state index in [2.05, 4.69) is 4.74 Å². The summed E-state index contributed by atoms with van der Waals surface area (Å²) in [5.41, 5.74) is -1.43. The van der Waals surface area contributed by atoms with Crippen molar-refractivity contribution in [3.63, 3.8) is 0 Å². The molecule has 0 aliphatic rings. The second kappa shape index (κ2) is 4.93. The lowest BCUT2D eigenvalue weighted by Gasteiger charge is -2.15. The lowest BCUT2D eigenvalue weighted by atomic mass is 10.1. The van der Waals surface area contributed by atoms with Crippen LogP contribution in [0.15, 0.2) is 6.07 Å².